The first-order valence-electron chi connectivity index (χ1n) is 9.01. The standard InChI is InChI=1S/C19H23N5O4S/c1-11(2)22-18-17-15(21-10-24(3)19(17)26)9-14(23-18)13-5-4-12(16(25)8-13)6-7-29(20,27)28/h4-5,8-11,25H,6-7H2,1-3H3,(H,22,23)(H2,20,27,28). The molecule has 2 aromatic heterocycles. The van der Waals surface area contributed by atoms with Crippen LogP contribution in [-0.4, -0.2) is 39.9 Å². The minimum absolute atomic E-state index is 0.0415. The fourth-order valence-electron chi connectivity index (χ4n) is 2.93. The van der Waals surface area contributed by atoms with Crippen molar-refractivity contribution in [3.8, 4) is 17.0 Å². The number of aromatic nitrogens is 3. The zero-order chi connectivity index (χ0) is 21.3. The van der Waals surface area contributed by atoms with Gasteiger partial charge in [-0.3, -0.25) is 4.79 Å². The number of phenolic OH excluding ortho intramolecular Hbond substituents is 1. The summed E-state index contributed by atoms with van der Waals surface area (Å²) in [5.74, 6) is 0.103. The number of phenols is 1. The molecule has 0 saturated carbocycles. The SMILES string of the molecule is CC(C)Nc1nc(-c2ccc(CCS(N)(=O)=O)c(O)c2)cc2ncn(C)c(=O)c12. The Morgan fingerprint density at radius 3 is 2.62 bits per heavy atom. The van der Waals surface area contributed by atoms with Gasteiger partial charge in [0.25, 0.3) is 5.56 Å². The highest BCUT2D eigenvalue weighted by Gasteiger charge is 2.15. The van der Waals surface area contributed by atoms with Crippen molar-refractivity contribution in [3.63, 3.8) is 0 Å². The highest BCUT2D eigenvalue weighted by molar-refractivity contribution is 7.89. The van der Waals surface area contributed by atoms with Crippen LogP contribution >= 0.6 is 0 Å². The second-order valence-corrected chi connectivity index (χ2v) is 8.90. The summed E-state index contributed by atoms with van der Waals surface area (Å²) in [4.78, 5) is 21.5. The van der Waals surface area contributed by atoms with Crippen molar-refractivity contribution in [1.29, 1.82) is 0 Å². The molecule has 0 bridgehead atoms. The fourth-order valence-corrected chi connectivity index (χ4v) is 3.44. The lowest BCUT2D eigenvalue weighted by molar-refractivity contribution is 0.469. The third-order valence-corrected chi connectivity index (χ3v) is 5.14. The number of nitrogens with zero attached hydrogens (tertiary/aromatic N) is 3. The molecule has 0 atom stereocenters. The van der Waals surface area contributed by atoms with Crippen molar-refractivity contribution in [2.75, 3.05) is 11.1 Å². The maximum atomic E-state index is 12.6. The van der Waals surface area contributed by atoms with Gasteiger partial charge in [-0.2, -0.15) is 0 Å². The Labute approximate surface area is 168 Å². The zero-order valence-electron chi connectivity index (χ0n) is 16.4. The number of pyridine rings is 1. The quantitative estimate of drug-likeness (QED) is 0.550. The summed E-state index contributed by atoms with van der Waals surface area (Å²) in [5, 5.41) is 18.9. The molecular formula is C19H23N5O4S. The molecule has 154 valence electrons. The molecule has 0 saturated heterocycles. The number of fused-ring (bicyclic) bond motifs is 1. The van der Waals surface area contributed by atoms with Gasteiger partial charge in [0.05, 0.1) is 23.3 Å². The summed E-state index contributed by atoms with van der Waals surface area (Å²) in [7, 11) is -2.00. The lowest BCUT2D eigenvalue weighted by Crippen LogP contribution is -2.21. The van der Waals surface area contributed by atoms with E-state index in [0.717, 1.165) is 0 Å². The number of aryl methyl sites for hydroxylation is 2. The minimum Gasteiger partial charge on any atom is -0.508 e. The van der Waals surface area contributed by atoms with Crippen molar-refractivity contribution in [3.05, 3.63) is 46.5 Å². The Balaban J connectivity index is 2.09. The predicted molar refractivity (Wildman–Crippen MR) is 112 cm³/mol. The molecule has 0 amide bonds. The minimum atomic E-state index is -3.62. The highest BCUT2D eigenvalue weighted by atomic mass is 32.2. The molecular weight excluding hydrogens is 394 g/mol. The summed E-state index contributed by atoms with van der Waals surface area (Å²) in [5.41, 5.74) is 1.88. The summed E-state index contributed by atoms with van der Waals surface area (Å²) in [6.45, 7) is 3.88. The van der Waals surface area contributed by atoms with Gasteiger partial charge >= 0.3 is 0 Å². The zero-order valence-corrected chi connectivity index (χ0v) is 17.2. The summed E-state index contributed by atoms with van der Waals surface area (Å²) in [6.07, 6.45) is 1.55. The number of rotatable bonds is 6. The Bertz CT molecular complexity index is 1240. The second kappa shape index (κ2) is 7.80. The first-order valence-corrected chi connectivity index (χ1v) is 10.7. The molecule has 9 nitrogen and oxygen atoms in total. The Morgan fingerprint density at radius 1 is 1.28 bits per heavy atom. The molecule has 10 heteroatoms. The van der Waals surface area contributed by atoms with Crippen LogP contribution < -0.4 is 16.0 Å². The summed E-state index contributed by atoms with van der Waals surface area (Å²) in [6, 6.07) is 6.59. The summed E-state index contributed by atoms with van der Waals surface area (Å²) >= 11 is 0. The average Bonchev–Trinajstić information content (AvgIpc) is 2.62. The molecule has 0 fully saturated rings. The van der Waals surface area contributed by atoms with E-state index in [1.54, 1.807) is 25.2 Å². The molecule has 0 spiro atoms. The molecule has 0 aliphatic rings. The number of primary sulfonamides is 1. The van der Waals surface area contributed by atoms with E-state index in [4.69, 9.17) is 5.14 Å². The van der Waals surface area contributed by atoms with Gasteiger partial charge in [0, 0.05) is 18.7 Å². The number of nitrogens with two attached hydrogens (primary N) is 1. The Morgan fingerprint density at radius 2 is 2.00 bits per heavy atom. The van der Waals surface area contributed by atoms with Crippen molar-refractivity contribution in [1.82, 2.24) is 14.5 Å². The van der Waals surface area contributed by atoms with Crippen molar-refractivity contribution in [2.45, 2.75) is 26.3 Å². The van der Waals surface area contributed by atoms with Crippen LogP contribution in [0.3, 0.4) is 0 Å². The Kier molecular flexibility index (Phi) is 5.58. The maximum absolute atomic E-state index is 12.6. The molecule has 3 rings (SSSR count). The van der Waals surface area contributed by atoms with E-state index in [2.05, 4.69) is 15.3 Å². The number of benzene rings is 1. The van der Waals surface area contributed by atoms with Crippen LogP contribution in [0.5, 0.6) is 5.75 Å². The van der Waals surface area contributed by atoms with Crippen LogP contribution in [0, 0.1) is 0 Å². The molecule has 4 N–H and O–H groups in total. The van der Waals surface area contributed by atoms with Gasteiger partial charge in [0.1, 0.15) is 17.0 Å². The van der Waals surface area contributed by atoms with E-state index < -0.39 is 10.0 Å². The third kappa shape index (κ3) is 4.72. The van der Waals surface area contributed by atoms with Gasteiger partial charge in [-0.25, -0.2) is 23.5 Å². The molecule has 3 aromatic rings. The number of anilines is 1. The van der Waals surface area contributed by atoms with Crippen molar-refractivity contribution in [2.24, 2.45) is 12.2 Å². The number of hydrogen-bond donors (Lipinski definition) is 3. The average molecular weight is 417 g/mol. The van der Waals surface area contributed by atoms with Gasteiger partial charge in [-0.05, 0) is 38.0 Å². The van der Waals surface area contributed by atoms with Crippen LogP contribution in [0.4, 0.5) is 5.82 Å². The van der Waals surface area contributed by atoms with E-state index in [0.29, 0.717) is 33.5 Å². The lowest BCUT2D eigenvalue weighted by atomic mass is 10.0. The number of nitrogens with one attached hydrogen (secondary N) is 1. The fraction of sp³-hybridized carbons (Fsp3) is 0.316. The molecule has 0 aliphatic heterocycles. The van der Waals surface area contributed by atoms with Gasteiger partial charge < -0.3 is 15.0 Å². The molecule has 0 unspecified atom stereocenters. The van der Waals surface area contributed by atoms with E-state index in [1.165, 1.54) is 17.0 Å². The monoisotopic (exact) mass is 417 g/mol. The smallest absolute Gasteiger partial charge is 0.264 e. The largest absolute Gasteiger partial charge is 0.508 e. The van der Waals surface area contributed by atoms with Crippen molar-refractivity contribution < 1.29 is 13.5 Å². The number of sulfonamides is 1. The van der Waals surface area contributed by atoms with Gasteiger partial charge in [0.2, 0.25) is 10.0 Å². The molecule has 29 heavy (non-hydrogen) atoms. The van der Waals surface area contributed by atoms with E-state index in [1.807, 2.05) is 13.8 Å². The van der Waals surface area contributed by atoms with Gasteiger partial charge in [-0.15, -0.1) is 0 Å². The maximum Gasteiger partial charge on any atom is 0.264 e. The van der Waals surface area contributed by atoms with Crippen LogP contribution in [0.1, 0.15) is 19.4 Å². The van der Waals surface area contributed by atoms with E-state index in [9.17, 15) is 18.3 Å². The summed E-state index contributed by atoms with van der Waals surface area (Å²) < 4.78 is 23.7. The van der Waals surface area contributed by atoms with Gasteiger partial charge in [-0.1, -0.05) is 12.1 Å². The topological polar surface area (TPSA) is 140 Å². The molecule has 0 radical (unpaired) electrons. The first kappa shape index (κ1) is 20.7. The number of hydrogen-bond acceptors (Lipinski definition) is 7. The van der Waals surface area contributed by atoms with Crippen LogP contribution in [0.15, 0.2) is 35.4 Å². The Hall–Kier alpha value is -2.98. The second-order valence-electron chi connectivity index (χ2n) is 7.17. The van der Waals surface area contributed by atoms with Crippen LogP contribution in [0.25, 0.3) is 22.2 Å². The number of aromatic hydroxyl groups is 1. The van der Waals surface area contributed by atoms with Crippen LogP contribution in [-0.2, 0) is 23.5 Å². The van der Waals surface area contributed by atoms with Crippen molar-refractivity contribution >= 4 is 26.7 Å². The van der Waals surface area contributed by atoms with E-state index >= 15 is 0 Å². The van der Waals surface area contributed by atoms with Crippen LogP contribution in [0.2, 0.25) is 0 Å². The molecule has 2 heterocycles. The van der Waals surface area contributed by atoms with Gasteiger partial charge in [0.15, 0.2) is 0 Å². The highest BCUT2D eigenvalue weighted by Crippen LogP contribution is 2.29. The molecule has 1 aromatic carbocycles. The predicted octanol–water partition coefficient (Wildman–Crippen LogP) is 1.35. The molecule has 0 aliphatic carbocycles. The lowest BCUT2D eigenvalue weighted by Gasteiger charge is -2.14. The van der Waals surface area contributed by atoms with E-state index in [-0.39, 0.29) is 29.5 Å². The first-order chi connectivity index (χ1) is 13.5. The normalized spacial score (nSPS) is 11.9. The third-order valence-electron chi connectivity index (χ3n) is 4.37.